The van der Waals surface area contributed by atoms with Gasteiger partial charge in [-0.15, -0.1) is 0 Å². The Kier molecular flexibility index (Phi) is 4.05. The molecule has 8 heteroatoms. The highest BCUT2D eigenvalue weighted by Crippen LogP contribution is 2.31. The Morgan fingerprint density at radius 2 is 2.15 bits per heavy atom. The van der Waals surface area contributed by atoms with Crippen LogP contribution < -0.4 is 10.2 Å². The molecule has 0 aliphatic carbocycles. The van der Waals surface area contributed by atoms with Crippen LogP contribution in [0.1, 0.15) is 5.56 Å². The Morgan fingerprint density at radius 3 is 2.65 bits per heavy atom. The largest absolute Gasteiger partial charge is 0.372 e. The van der Waals surface area contributed by atoms with Gasteiger partial charge in [0, 0.05) is 20.2 Å². The average Bonchev–Trinajstić information content (AvgIpc) is 2.67. The number of hydrogen-bond acceptors (Lipinski definition) is 6. The first-order chi connectivity index (χ1) is 9.38. The number of nitro benzene ring substituents is 1. The van der Waals surface area contributed by atoms with Gasteiger partial charge in [-0.1, -0.05) is 30.0 Å². The lowest BCUT2D eigenvalue weighted by molar-refractivity contribution is -0.384. The molecule has 20 heavy (non-hydrogen) atoms. The van der Waals surface area contributed by atoms with Crippen molar-refractivity contribution >= 4 is 51.7 Å². The molecule has 0 bridgehead atoms. The lowest BCUT2D eigenvalue weighted by Crippen LogP contribution is -2.17. The zero-order valence-corrected chi connectivity index (χ0v) is 12.4. The van der Waals surface area contributed by atoms with Crippen molar-refractivity contribution in [1.82, 2.24) is 5.32 Å². The van der Waals surface area contributed by atoms with Gasteiger partial charge in [0.1, 0.15) is 10.0 Å². The van der Waals surface area contributed by atoms with Crippen LogP contribution in [-0.2, 0) is 4.79 Å². The van der Waals surface area contributed by atoms with Gasteiger partial charge < -0.3 is 10.2 Å². The zero-order valence-electron chi connectivity index (χ0n) is 10.7. The molecule has 1 aliphatic heterocycles. The second kappa shape index (κ2) is 5.59. The number of benzene rings is 1. The van der Waals surface area contributed by atoms with Crippen LogP contribution in [0.5, 0.6) is 0 Å². The standard InChI is InChI=1S/C12H11N3O3S2/c1-14(2)8-4-3-7(5-9(8)15(17)18)6-10-11(16)13-12(19)20-10/h3-6H,1-2H3,(H,13,16,19)/b10-6-. The van der Waals surface area contributed by atoms with Crippen molar-refractivity contribution in [3.63, 3.8) is 0 Å². The fourth-order valence-corrected chi connectivity index (χ4v) is 2.77. The van der Waals surface area contributed by atoms with Crippen LogP contribution in [0.15, 0.2) is 23.1 Å². The van der Waals surface area contributed by atoms with Gasteiger partial charge in [0.2, 0.25) is 0 Å². The minimum absolute atomic E-state index is 0.00432. The maximum absolute atomic E-state index is 11.6. The minimum Gasteiger partial charge on any atom is -0.372 e. The van der Waals surface area contributed by atoms with Crippen LogP contribution in [0.4, 0.5) is 11.4 Å². The molecule has 0 radical (unpaired) electrons. The lowest BCUT2D eigenvalue weighted by Gasteiger charge is -2.12. The van der Waals surface area contributed by atoms with Crippen molar-refractivity contribution in [2.75, 3.05) is 19.0 Å². The number of nitrogens with one attached hydrogen (secondary N) is 1. The molecule has 104 valence electrons. The molecule has 1 amide bonds. The maximum Gasteiger partial charge on any atom is 0.293 e. The molecule has 1 fully saturated rings. The molecule has 0 atom stereocenters. The highest BCUT2D eigenvalue weighted by Gasteiger charge is 2.23. The van der Waals surface area contributed by atoms with E-state index in [0.29, 0.717) is 20.5 Å². The summed E-state index contributed by atoms with van der Waals surface area (Å²) in [5.74, 6) is -0.278. The fraction of sp³-hybridized carbons (Fsp3) is 0.167. The van der Waals surface area contributed by atoms with Crippen molar-refractivity contribution in [2.24, 2.45) is 0 Å². The summed E-state index contributed by atoms with van der Waals surface area (Å²) in [6, 6.07) is 4.82. The third-order valence-corrected chi connectivity index (χ3v) is 3.78. The number of rotatable bonds is 3. The Balaban J connectivity index is 2.42. The van der Waals surface area contributed by atoms with Crippen LogP contribution in [0.3, 0.4) is 0 Å². The summed E-state index contributed by atoms with van der Waals surface area (Å²) >= 11 is 6.03. The van der Waals surface area contributed by atoms with Crippen LogP contribution in [0, 0.1) is 10.1 Å². The number of thiocarbonyl (C=S) groups is 1. The van der Waals surface area contributed by atoms with E-state index in [1.165, 1.54) is 6.07 Å². The number of carbonyl (C=O) groups excluding carboxylic acids is 1. The van der Waals surface area contributed by atoms with Gasteiger partial charge in [-0.25, -0.2) is 0 Å². The number of amides is 1. The quantitative estimate of drug-likeness (QED) is 0.399. The van der Waals surface area contributed by atoms with Crippen molar-refractivity contribution < 1.29 is 9.72 Å². The van der Waals surface area contributed by atoms with Crippen molar-refractivity contribution in [3.05, 3.63) is 38.8 Å². The maximum atomic E-state index is 11.6. The number of anilines is 1. The van der Waals surface area contributed by atoms with Crippen molar-refractivity contribution in [2.45, 2.75) is 0 Å². The predicted octanol–water partition coefficient (Wildman–Crippen LogP) is 2.15. The molecule has 2 rings (SSSR count). The molecule has 6 nitrogen and oxygen atoms in total. The summed E-state index contributed by atoms with van der Waals surface area (Å²) < 4.78 is 0.390. The van der Waals surface area contributed by atoms with Gasteiger partial charge in [0.15, 0.2) is 0 Å². The summed E-state index contributed by atoms with van der Waals surface area (Å²) in [7, 11) is 3.47. The van der Waals surface area contributed by atoms with E-state index in [9.17, 15) is 14.9 Å². The normalized spacial score (nSPS) is 16.4. The van der Waals surface area contributed by atoms with E-state index in [4.69, 9.17) is 12.2 Å². The van der Waals surface area contributed by atoms with Gasteiger partial charge in [-0.05, 0) is 17.7 Å². The van der Waals surface area contributed by atoms with Gasteiger partial charge in [0.25, 0.3) is 11.6 Å². The van der Waals surface area contributed by atoms with E-state index >= 15 is 0 Å². The predicted molar refractivity (Wildman–Crippen MR) is 83.7 cm³/mol. The van der Waals surface area contributed by atoms with Gasteiger partial charge in [0.05, 0.1) is 9.83 Å². The minimum atomic E-state index is -0.441. The molecule has 1 aromatic carbocycles. The van der Waals surface area contributed by atoms with E-state index in [-0.39, 0.29) is 11.6 Å². The molecule has 0 spiro atoms. The summed E-state index contributed by atoms with van der Waals surface area (Å²) in [6.45, 7) is 0. The van der Waals surface area contributed by atoms with Gasteiger partial charge >= 0.3 is 0 Å². The first kappa shape index (κ1) is 14.5. The Hall–Kier alpha value is -1.93. The van der Waals surface area contributed by atoms with Gasteiger partial charge in [-0.3, -0.25) is 14.9 Å². The number of nitro groups is 1. The van der Waals surface area contributed by atoms with E-state index in [1.54, 1.807) is 37.2 Å². The van der Waals surface area contributed by atoms with E-state index in [2.05, 4.69) is 5.32 Å². The zero-order chi connectivity index (χ0) is 14.9. The summed E-state index contributed by atoms with van der Waals surface area (Å²) in [5, 5.41) is 13.6. The first-order valence-corrected chi connectivity index (χ1v) is 6.81. The van der Waals surface area contributed by atoms with E-state index in [0.717, 1.165) is 11.8 Å². The molecule has 0 unspecified atom stereocenters. The van der Waals surface area contributed by atoms with E-state index < -0.39 is 4.92 Å². The number of carbonyl (C=O) groups is 1. The third kappa shape index (κ3) is 2.97. The third-order valence-electron chi connectivity index (χ3n) is 2.62. The molecule has 0 aromatic heterocycles. The monoisotopic (exact) mass is 309 g/mol. The number of thioether (sulfide) groups is 1. The van der Waals surface area contributed by atoms with E-state index in [1.807, 2.05) is 0 Å². The topological polar surface area (TPSA) is 75.5 Å². The molecule has 1 N–H and O–H groups in total. The Labute approximate surface area is 125 Å². The average molecular weight is 309 g/mol. The summed E-state index contributed by atoms with van der Waals surface area (Å²) in [6.07, 6.45) is 1.59. The molecule has 0 saturated carbocycles. The highest BCUT2D eigenvalue weighted by atomic mass is 32.2. The molecule has 1 aromatic rings. The first-order valence-electron chi connectivity index (χ1n) is 5.59. The molecule has 1 saturated heterocycles. The molecular weight excluding hydrogens is 298 g/mol. The Bertz CT molecular complexity index is 641. The van der Waals surface area contributed by atoms with Gasteiger partial charge in [-0.2, -0.15) is 0 Å². The van der Waals surface area contributed by atoms with Crippen LogP contribution in [-0.4, -0.2) is 29.2 Å². The second-order valence-corrected chi connectivity index (χ2v) is 5.97. The highest BCUT2D eigenvalue weighted by molar-refractivity contribution is 8.26. The SMILES string of the molecule is CN(C)c1ccc(/C=C2\SC(=S)NC2=O)cc1[N+](=O)[O-]. The molecular formula is C12H11N3O3S2. The van der Waals surface area contributed by atoms with Crippen molar-refractivity contribution in [3.8, 4) is 0 Å². The van der Waals surface area contributed by atoms with Crippen molar-refractivity contribution in [1.29, 1.82) is 0 Å². The van der Waals surface area contributed by atoms with Crippen LogP contribution in [0.25, 0.3) is 6.08 Å². The number of hydrogen-bond donors (Lipinski definition) is 1. The summed E-state index contributed by atoms with van der Waals surface area (Å²) in [4.78, 5) is 24.3. The second-order valence-electron chi connectivity index (χ2n) is 4.25. The number of nitrogens with zero attached hydrogens (tertiary/aromatic N) is 2. The lowest BCUT2D eigenvalue weighted by atomic mass is 10.1. The molecule has 1 aliphatic rings. The van der Waals surface area contributed by atoms with Crippen LogP contribution >= 0.6 is 24.0 Å². The summed E-state index contributed by atoms with van der Waals surface area (Å²) in [5.41, 5.74) is 1.09. The molecule has 1 heterocycles. The Morgan fingerprint density at radius 1 is 1.45 bits per heavy atom. The van der Waals surface area contributed by atoms with Crippen LogP contribution in [0.2, 0.25) is 0 Å². The smallest absolute Gasteiger partial charge is 0.293 e. The fourth-order valence-electron chi connectivity index (χ4n) is 1.73.